The number of anilines is 1. The normalized spacial score (nSPS) is 35.1. The molecule has 1 aromatic carbocycles. The van der Waals surface area contributed by atoms with E-state index in [0.29, 0.717) is 24.0 Å². The Morgan fingerprint density at radius 1 is 1.22 bits per heavy atom. The van der Waals surface area contributed by atoms with Crippen molar-refractivity contribution >= 4 is 11.6 Å². The Labute approximate surface area is 188 Å². The lowest BCUT2D eigenvalue weighted by Gasteiger charge is -2.40. The standard InChI is InChI=1S/C24H31N5O3/c1-31-21(14-4-5-14)18-8-15(13-2-3-13)6-7-20(18)29-11-19-22(27-29)25-24(26-23(19)30)28-10-17-9-16(28)12-32-17/h6-8,11,13-14,16-17,21-22,24-25,27H,2-5,9-10,12H2,1H3,(H,26,30)/t16-,17-,21?,22?,24?/m1/s1. The maximum absolute atomic E-state index is 13.0. The number of morpholine rings is 1. The number of hydrazine groups is 1. The maximum atomic E-state index is 13.0. The molecule has 170 valence electrons. The molecular formula is C24H31N5O3. The lowest BCUT2D eigenvalue weighted by molar-refractivity contribution is -0.123. The molecule has 32 heavy (non-hydrogen) atoms. The highest BCUT2D eigenvalue weighted by Gasteiger charge is 2.47. The molecule has 2 saturated carbocycles. The SMILES string of the molecule is COC(c1cc(C2CC2)ccc1N1C=C2C(=O)NC(N3C[C@H]4C[C@@H]3CO4)NC2N1)C1CC1. The van der Waals surface area contributed by atoms with Crippen molar-refractivity contribution in [3.63, 3.8) is 0 Å². The lowest BCUT2D eigenvalue weighted by Crippen LogP contribution is -2.68. The molecule has 8 nitrogen and oxygen atoms in total. The van der Waals surface area contributed by atoms with Crippen molar-refractivity contribution in [3.05, 3.63) is 41.1 Å². The molecule has 4 aliphatic heterocycles. The first-order chi connectivity index (χ1) is 15.7. The van der Waals surface area contributed by atoms with E-state index < -0.39 is 0 Å². The van der Waals surface area contributed by atoms with Gasteiger partial charge in [-0.05, 0) is 55.6 Å². The average molecular weight is 438 g/mol. The van der Waals surface area contributed by atoms with Crippen molar-refractivity contribution in [2.45, 2.75) is 68.7 Å². The fourth-order valence-electron chi connectivity index (χ4n) is 5.91. The molecule has 0 radical (unpaired) electrons. The van der Waals surface area contributed by atoms with Crippen LogP contribution < -0.4 is 21.1 Å². The molecule has 0 aromatic heterocycles. The summed E-state index contributed by atoms with van der Waals surface area (Å²) in [5, 5.41) is 8.77. The highest BCUT2D eigenvalue weighted by molar-refractivity contribution is 5.96. The molecule has 8 heteroatoms. The first kappa shape index (κ1) is 19.5. The van der Waals surface area contributed by atoms with Crippen LogP contribution in [0.1, 0.15) is 55.3 Å². The topological polar surface area (TPSA) is 78.1 Å². The molecule has 5 atom stereocenters. The van der Waals surface area contributed by atoms with Crippen molar-refractivity contribution < 1.29 is 14.3 Å². The molecule has 1 aromatic rings. The second-order valence-corrected chi connectivity index (χ2v) is 10.2. The lowest BCUT2D eigenvalue weighted by atomic mass is 9.98. The molecule has 7 rings (SSSR count). The molecule has 3 saturated heterocycles. The molecule has 2 aliphatic carbocycles. The third-order valence-electron chi connectivity index (χ3n) is 7.95. The number of ether oxygens (including phenoxy) is 2. The van der Waals surface area contributed by atoms with Crippen molar-refractivity contribution in [2.75, 3.05) is 25.3 Å². The van der Waals surface area contributed by atoms with E-state index in [0.717, 1.165) is 30.8 Å². The number of rotatable bonds is 6. The number of carbonyl (C=O) groups is 1. The van der Waals surface area contributed by atoms with Crippen LogP contribution in [0.4, 0.5) is 5.69 Å². The third-order valence-corrected chi connectivity index (χ3v) is 7.95. The summed E-state index contributed by atoms with van der Waals surface area (Å²) >= 11 is 0. The van der Waals surface area contributed by atoms with Crippen molar-refractivity contribution in [1.82, 2.24) is 21.0 Å². The summed E-state index contributed by atoms with van der Waals surface area (Å²) in [6, 6.07) is 7.17. The van der Waals surface area contributed by atoms with Gasteiger partial charge in [0.15, 0.2) is 0 Å². The summed E-state index contributed by atoms with van der Waals surface area (Å²) in [5.74, 6) is 1.27. The zero-order valence-electron chi connectivity index (χ0n) is 18.4. The summed E-state index contributed by atoms with van der Waals surface area (Å²) in [5.41, 5.74) is 7.98. The number of fused-ring (bicyclic) bond motifs is 3. The third kappa shape index (κ3) is 3.20. The Kier molecular flexibility index (Phi) is 4.43. The summed E-state index contributed by atoms with van der Waals surface area (Å²) in [4.78, 5) is 15.3. The minimum absolute atomic E-state index is 0.0147. The molecule has 6 aliphatic rings. The summed E-state index contributed by atoms with van der Waals surface area (Å²) in [6.45, 7) is 1.61. The zero-order chi connectivity index (χ0) is 21.4. The average Bonchev–Trinajstić information content (AvgIpc) is 3.70. The summed E-state index contributed by atoms with van der Waals surface area (Å²) in [6.07, 6.45) is 8.00. The second kappa shape index (κ2) is 7.27. The molecule has 1 amide bonds. The van der Waals surface area contributed by atoms with Gasteiger partial charge < -0.3 is 14.8 Å². The highest BCUT2D eigenvalue weighted by Crippen LogP contribution is 2.48. The number of amides is 1. The van der Waals surface area contributed by atoms with Gasteiger partial charge in [-0.15, -0.1) is 0 Å². The van der Waals surface area contributed by atoms with Crippen molar-refractivity contribution in [3.8, 4) is 0 Å². The van der Waals surface area contributed by atoms with E-state index in [1.54, 1.807) is 0 Å². The Bertz CT molecular complexity index is 974. The fourth-order valence-corrected chi connectivity index (χ4v) is 5.91. The largest absolute Gasteiger partial charge is 0.376 e. The van der Waals surface area contributed by atoms with Crippen molar-refractivity contribution in [1.29, 1.82) is 0 Å². The van der Waals surface area contributed by atoms with Crippen LogP contribution in [0.5, 0.6) is 0 Å². The van der Waals surface area contributed by atoms with Gasteiger partial charge >= 0.3 is 0 Å². The first-order valence-corrected chi connectivity index (χ1v) is 12.1. The molecule has 2 bridgehead atoms. The highest BCUT2D eigenvalue weighted by atomic mass is 16.5. The fraction of sp³-hybridized carbons (Fsp3) is 0.625. The van der Waals surface area contributed by atoms with E-state index in [1.165, 1.54) is 36.8 Å². The molecule has 5 fully saturated rings. The Hall–Kier alpha value is -1.97. The van der Waals surface area contributed by atoms with Gasteiger partial charge in [0.2, 0.25) is 0 Å². The van der Waals surface area contributed by atoms with Gasteiger partial charge in [0.1, 0.15) is 12.5 Å². The van der Waals surface area contributed by atoms with Gasteiger partial charge in [0.25, 0.3) is 5.91 Å². The molecule has 3 N–H and O–H groups in total. The smallest absolute Gasteiger partial charge is 0.254 e. The van der Waals surface area contributed by atoms with Crippen LogP contribution >= 0.6 is 0 Å². The predicted octanol–water partition coefficient (Wildman–Crippen LogP) is 1.67. The number of nitrogens with zero attached hydrogens (tertiary/aromatic N) is 2. The number of carbonyl (C=O) groups excluding carboxylic acids is 1. The molecule has 0 spiro atoms. The summed E-state index contributed by atoms with van der Waals surface area (Å²) < 4.78 is 11.7. The van der Waals surface area contributed by atoms with Gasteiger partial charge in [-0.2, -0.15) is 0 Å². The molecule has 4 heterocycles. The number of nitrogens with one attached hydrogen (secondary N) is 3. The van der Waals surface area contributed by atoms with Crippen LogP contribution in [0.25, 0.3) is 0 Å². The minimum atomic E-state index is -0.216. The second-order valence-electron chi connectivity index (χ2n) is 10.2. The number of methoxy groups -OCH3 is 1. The van der Waals surface area contributed by atoms with E-state index in [9.17, 15) is 4.79 Å². The monoisotopic (exact) mass is 437 g/mol. The maximum Gasteiger partial charge on any atom is 0.254 e. The van der Waals surface area contributed by atoms with Crippen LogP contribution in [-0.2, 0) is 14.3 Å². The number of hydrogen-bond acceptors (Lipinski definition) is 7. The van der Waals surface area contributed by atoms with Gasteiger partial charge in [0, 0.05) is 31.5 Å². The van der Waals surface area contributed by atoms with Crippen LogP contribution in [-0.4, -0.2) is 55.7 Å². The quantitative estimate of drug-likeness (QED) is 0.625. The van der Waals surface area contributed by atoms with Crippen LogP contribution in [0.2, 0.25) is 0 Å². The van der Waals surface area contributed by atoms with E-state index in [1.807, 2.05) is 18.3 Å². The Morgan fingerprint density at radius 2 is 2.09 bits per heavy atom. The Balaban J connectivity index is 1.16. The van der Waals surface area contributed by atoms with Crippen LogP contribution in [0.3, 0.4) is 0 Å². The van der Waals surface area contributed by atoms with Crippen LogP contribution in [0.15, 0.2) is 30.0 Å². The van der Waals surface area contributed by atoms with E-state index in [4.69, 9.17) is 9.47 Å². The van der Waals surface area contributed by atoms with Gasteiger partial charge in [-0.1, -0.05) is 12.1 Å². The van der Waals surface area contributed by atoms with Gasteiger partial charge in [-0.3, -0.25) is 20.0 Å². The minimum Gasteiger partial charge on any atom is -0.376 e. The molecule has 3 unspecified atom stereocenters. The number of benzene rings is 1. The first-order valence-electron chi connectivity index (χ1n) is 12.1. The van der Waals surface area contributed by atoms with E-state index in [-0.39, 0.29) is 24.5 Å². The van der Waals surface area contributed by atoms with Crippen LogP contribution in [0, 0.1) is 5.92 Å². The number of likely N-dealkylation sites (tertiary alicyclic amines) is 1. The number of hydrogen-bond donors (Lipinski definition) is 3. The predicted molar refractivity (Wildman–Crippen MR) is 118 cm³/mol. The zero-order valence-corrected chi connectivity index (χ0v) is 18.4. The van der Waals surface area contributed by atoms with Gasteiger partial charge in [-0.25, -0.2) is 5.43 Å². The van der Waals surface area contributed by atoms with E-state index in [2.05, 4.69) is 39.2 Å². The van der Waals surface area contributed by atoms with Gasteiger partial charge in [0.05, 0.1) is 30.1 Å². The Morgan fingerprint density at radius 3 is 2.78 bits per heavy atom. The van der Waals surface area contributed by atoms with Crippen molar-refractivity contribution in [2.24, 2.45) is 5.92 Å². The molecular weight excluding hydrogens is 406 g/mol. The summed E-state index contributed by atoms with van der Waals surface area (Å²) in [7, 11) is 1.82. The van der Waals surface area contributed by atoms with E-state index >= 15 is 0 Å².